The molecule has 1 aromatic carbocycles. The average Bonchev–Trinajstić information content (AvgIpc) is 2.24. The first kappa shape index (κ1) is 11.1. The van der Waals surface area contributed by atoms with Gasteiger partial charge in [0.25, 0.3) is 6.43 Å². The van der Waals surface area contributed by atoms with Gasteiger partial charge < -0.3 is 4.85 Å². The summed E-state index contributed by atoms with van der Waals surface area (Å²) in [6.45, 7) is 7.17. The van der Waals surface area contributed by atoms with Crippen LogP contribution in [0, 0.1) is 6.57 Å². The number of hydrogen-bond donors (Lipinski definition) is 0. The van der Waals surface area contributed by atoms with Crippen LogP contribution in [0.2, 0.25) is 0 Å². The van der Waals surface area contributed by atoms with E-state index < -0.39 is 12.0 Å². The summed E-state index contributed by atoms with van der Waals surface area (Å²) in [6.07, 6.45) is 0.748. The Hall–Kier alpha value is -1.43. The van der Waals surface area contributed by atoms with Gasteiger partial charge in [-0.25, -0.2) is 15.4 Å². The average molecular weight is 221 g/mol. The van der Waals surface area contributed by atoms with Gasteiger partial charge in [-0.3, -0.25) is 0 Å². The van der Waals surface area contributed by atoms with E-state index in [1.165, 1.54) is 6.07 Å². The molecule has 0 heterocycles. The molecule has 1 saturated carbocycles. The van der Waals surface area contributed by atoms with E-state index in [-0.39, 0.29) is 5.56 Å². The molecule has 0 saturated heterocycles. The molecule has 0 bridgehead atoms. The fourth-order valence-corrected chi connectivity index (χ4v) is 2.18. The molecule has 0 aliphatic heterocycles. The molecule has 0 amide bonds. The van der Waals surface area contributed by atoms with Gasteiger partial charge in [0.05, 0.1) is 6.42 Å². The van der Waals surface area contributed by atoms with Crippen LogP contribution in [0.4, 0.5) is 8.78 Å². The predicted octanol–water partition coefficient (Wildman–Crippen LogP) is 4.01. The molecule has 1 nitrogen and oxygen atoms in total. The minimum absolute atomic E-state index is 0.0809. The van der Waals surface area contributed by atoms with E-state index in [1.54, 1.807) is 18.2 Å². The van der Waals surface area contributed by atoms with E-state index in [4.69, 9.17) is 6.57 Å². The molecule has 0 radical (unpaired) electrons. The second-order valence-electron chi connectivity index (χ2n) is 4.37. The SMILES string of the molecule is [C-]#[N+]C1(Cc2ccccc2C(F)F)CCC1. The molecule has 0 aromatic heterocycles. The van der Waals surface area contributed by atoms with Gasteiger partial charge in [0, 0.05) is 18.4 Å². The van der Waals surface area contributed by atoms with E-state index in [9.17, 15) is 8.78 Å². The van der Waals surface area contributed by atoms with Gasteiger partial charge in [0.1, 0.15) is 0 Å². The summed E-state index contributed by atoms with van der Waals surface area (Å²) in [5, 5.41) is 0. The zero-order valence-electron chi connectivity index (χ0n) is 8.92. The lowest BCUT2D eigenvalue weighted by molar-refractivity contribution is 0.149. The van der Waals surface area contributed by atoms with Crippen LogP contribution < -0.4 is 0 Å². The third-order valence-electron chi connectivity index (χ3n) is 3.33. The monoisotopic (exact) mass is 221 g/mol. The van der Waals surface area contributed by atoms with E-state index in [0.717, 1.165) is 19.3 Å². The Kier molecular flexibility index (Phi) is 2.91. The zero-order chi connectivity index (χ0) is 11.6. The summed E-state index contributed by atoms with van der Waals surface area (Å²) in [5.74, 6) is 0. The summed E-state index contributed by atoms with van der Waals surface area (Å²) in [7, 11) is 0. The minimum atomic E-state index is -2.45. The Labute approximate surface area is 93.9 Å². The molecule has 0 atom stereocenters. The molecule has 3 heteroatoms. The van der Waals surface area contributed by atoms with Gasteiger partial charge >= 0.3 is 0 Å². The standard InChI is InChI=1S/C13H13F2N/c1-16-13(7-4-8-13)9-10-5-2-3-6-11(10)12(14)15/h2-3,5-6,12H,4,7-9H2. The maximum Gasteiger partial charge on any atom is 0.264 e. The molecule has 0 unspecified atom stereocenters. The topological polar surface area (TPSA) is 4.36 Å². The quantitative estimate of drug-likeness (QED) is 0.679. The van der Waals surface area contributed by atoms with Crippen LogP contribution in [0.5, 0.6) is 0 Å². The second-order valence-corrected chi connectivity index (χ2v) is 4.37. The van der Waals surface area contributed by atoms with Crippen molar-refractivity contribution >= 4 is 0 Å². The van der Waals surface area contributed by atoms with Crippen LogP contribution in [0.3, 0.4) is 0 Å². The van der Waals surface area contributed by atoms with E-state index in [1.807, 2.05) is 0 Å². The molecule has 0 N–H and O–H groups in total. The molecule has 1 aliphatic carbocycles. The third-order valence-corrected chi connectivity index (χ3v) is 3.33. The van der Waals surface area contributed by atoms with Crippen molar-refractivity contribution in [1.29, 1.82) is 0 Å². The Bertz CT molecular complexity index is 416. The van der Waals surface area contributed by atoms with Crippen molar-refractivity contribution in [2.75, 3.05) is 0 Å². The van der Waals surface area contributed by atoms with Gasteiger partial charge in [-0.15, -0.1) is 0 Å². The highest BCUT2D eigenvalue weighted by molar-refractivity contribution is 5.31. The van der Waals surface area contributed by atoms with E-state index >= 15 is 0 Å². The van der Waals surface area contributed by atoms with Gasteiger partial charge in [-0.05, 0) is 12.0 Å². The Morgan fingerprint density at radius 2 is 2.00 bits per heavy atom. The first-order valence-electron chi connectivity index (χ1n) is 5.41. The van der Waals surface area contributed by atoms with Gasteiger partial charge in [0.2, 0.25) is 5.54 Å². The Balaban J connectivity index is 2.24. The first-order valence-corrected chi connectivity index (χ1v) is 5.41. The van der Waals surface area contributed by atoms with Crippen LogP contribution in [0.25, 0.3) is 4.85 Å². The Morgan fingerprint density at radius 1 is 1.31 bits per heavy atom. The first-order chi connectivity index (χ1) is 7.67. The summed E-state index contributed by atoms with van der Waals surface area (Å²) in [5.41, 5.74) is 0.316. The number of alkyl halides is 2. The van der Waals surface area contributed by atoms with E-state index in [0.29, 0.717) is 12.0 Å². The summed E-state index contributed by atoms with van der Waals surface area (Å²) in [6, 6.07) is 6.55. The van der Waals surface area contributed by atoms with Crippen LogP contribution in [-0.2, 0) is 6.42 Å². The molecular formula is C13H13F2N. The summed E-state index contributed by atoms with van der Waals surface area (Å²) >= 11 is 0. The number of nitrogens with zero attached hydrogens (tertiary/aromatic N) is 1. The van der Waals surface area contributed by atoms with Gasteiger partial charge in [-0.1, -0.05) is 24.3 Å². The lowest BCUT2D eigenvalue weighted by atomic mass is 9.73. The zero-order valence-corrected chi connectivity index (χ0v) is 8.92. The van der Waals surface area contributed by atoms with Gasteiger partial charge in [-0.2, -0.15) is 0 Å². The van der Waals surface area contributed by atoms with E-state index in [2.05, 4.69) is 4.85 Å². The van der Waals surface area contributed by atoms with Crippen molar-refractivity contribution < 1.29 is 8.78 Å². The minimum Gasteiger partial charge on any atom is -0.310 e. The van der Waals surface area contributed by atoms with Crippen molar-refractivity contribution in [2.45, 2.75) is 37.6 Å². The fraction of sp³-hybridized carbons (Fsp3) is 0.462. The predicted molar refractivity (Wildman–Crippen MR) is 58.3 cm³/mol. The van der Waals surface area contributed by atoms with Crippen molar-refractivity contribution in [1.82, 2.24) is 0 Å². The maximum atomic E-state index is 12.8. The molecule has 84 valence electrons. The normalized spacial score (nSPS) is 17.9. The van der Waals surface area contributed by atoms with Crippen molar-refractivity contribution in [3.8, 4) is 0 Å². The number of benzene rings is 1. The lowest BCUT2D eigenvalue weighted by Crippen LogP contribution is -2.35. The molecule has 0 spiro atoms. The molecular weight excluding hydrogens is 208 g/mol. The maximum absolute atomic E-state index is 12.8. The van der Waals surface area contributed by atoms with Crippen molar-refractivity contribution in [2.24, 2.45) is 0 Å². The smallest absolute Gasteiger partial charge is 0.264 e. The Morgan fingerprint density at radius 3 is 2.50 bits per heavy atom. The summed E-state index contributed by atoms with van der Waals surface area (Å²) in [4.78, 5) is 3.63. The molecule has 2 rings (SSSR count). The van der Waals surface area contributed by atoms with Crippen molar-refractivity contribution in [3.63, 3.8) is 0 Å². The van der Waals surface area contributed by atoms with Crippen LogP contribution in [0.1, 0.15) is 36.8 Å². The fourth-order valence-electron chi connectivity index (χ4n) is 2.18. The number of rotatable bonds is 3. The molecule has 1 fully saturated rings. The van der Waals surface area contributed by atoms with Crippen molar-refractivity contribution in [3.05, 3.63) is 46.8 Å². The number of hydrogen-bond acceptors (Lipinski definition) is 0. The highest BCUT2D eigenvalue weighted by Gasteiger charge is 2.44. The molecule has 16 heavy (non-hydrogen) atoms. The van der Waals surface area contributed by atoms with Crippen LogP contribution >= 0.6 is 0 Å². The summed E-state index contributed by atoms with van der Waals surface area (Å²) < 4.78 is 25.5. The molecule has 1 aromatic rings. The number of halogens is 2. The molecule has 1 aliphatic rings. The highest BCUT2D eigenvalue weighted by atomic mass is 19.3. The highest BCUT2D eigenvalue weighted by Crippen LogP contribution is 2.40. The van der Waals surface area contributed by atoms with Crippen LogP contribution in [-0.4, -0.2) is 5.54 Å². The van der Waals surface area contributed by atoms with Gasteiger partial charge in [0.15, 0.2) is 0 Å². The third kappa shape index (κ3) is 1.92. The van der Waals surface area contributed by atoms with Crippen LogP contribution in [0.15, 0.2) is 24.3 Å². The second kappa shape index (κ2) is 4.21. The lowest BCUT2D eigenvalue weighted by Gasteiger charge is -2.30. The largest absolute Gasteiger partial charge is 0.310 e.